The maximum absolute atomic E-state index is 12.8. The third kappa shape index (κ3) is 29.7. The van der Waals surface area contributed by atoms with Gasteiger partial charge in [0.2, 0.25) is 5.91 Å². The van der Waals surface area contributed by atoms with Crippen molar-refractivity contribution in [1.29, 1.82) is 0 Å². The second-order valence-corrected chi connectivity index (χ2v) is 30.2. The van der Waals surface area contributed by atoms with Gasteiger partial charge in [-0.1, -0.05) is 72.1 Å². The van der Waals surface area contributed by atoms with Gasteiger partial charge >= 0.3 is 24.1 Å². The molecule has 7 rings (SSSR count). The number of ketones is 3. The Balaban J connectivity index is 0.000000448. The summed E-state index contributed by atoms with van der Waals surface area (Å²) in [6.45, 7) is 11.2. The Bertz CT molecular complexity index is 3980. The van der Waals surface area contributed by atoms with E-state index in [1.54, 1.807) is 23.8 Å². The number of rotatable bonds is 22. The van der Waals surface area contributed by atoms with Crippen LogP contribution in [-0.4, -0.2) is 169 Å². The average molecular weight is 1590 g/mol. The number of aryl methyl sites for hydroxylation is 2. The fraction of sp³-hybridized carbons (Fsp3) is 0.415. The molecule has 5 aromatic rings. The first-order valence-electron chi connectivity index (χ1n) is 30.4. The van der Waals surface area contributed by atoms with Gasteiger partial charge in [-0.15, -0.1) is 11.6 Å². The number of sulfone groups is 1. The van der Waals surface area contributed by atoms with Crippen molar-refractivity contribution in [3.05, 3.63) is 150 Å². The van der Waals surface area contributed by atoms with Crippen LogP contribution in [0.1, 0.15) is 91.3 Å². The van der Waals surface area contributed by atoms with Gasteiger partial charge in [0.1, 0.15) is 48.8 Å². The molecular formula is C65H77Cl4F3N5O23PS2. The second-order valence-electron chi connectivity index (χ2n) is 22.4. The van der Waals surface area contributed by atoms with E-state index >= 15 is 0 Å². The van der Waals surface area contributed by atoms with E-state index in [2.05, 4.69) is 31.8 Å². The lowest BCUT2D eigenvalue weighted by molar-refractivity contribution is -0.385. The van der Waals surface area contributed by atoms with Crippen LogP contribution in [0.25, 0.3) is 0 Å². The first kappa shape index (κ1) is 91.3. The predicted molar refractivity (Wildman–Crippen MR) is 379 cm³/mol. The van der Waals surface area contributed by atoms with Gasteiger partial charge in [-0.05, 0) is 118 Å². The number of carboxylic acid groups (broad SMARTS) is 1. The number of carbonyl (C=O) groups excluding carboxylic acids is 7. The van der Waals surface area contributed by atoms with Crippen LogP contribution in [0.2, 0.25) is 5.02 Å². The standard InChI is InChI=1S/C19H15ClF3NO7.C15H22ClNO2.C14H13NO7S.C11H11Cl2NO2.C3H8NO5P.C3H9S/c1-3-29-17(25)10(2)30-18(26)13-9-12(5-6-15(13)24(27)28)31-16-7-4-11(8-14(16)20)19(21,22)23;1-5-13-8-6-7-11(2)15(13)17(14(18)9-16)12(3)10-19-4;1-23(21,22)8-5-6-9(10(7-8)15(19)20)14(18)13-11(16)3-2-4-12(13)17;1-7-6-16-9-5-3-2-4-8(9)14(7)11(15)10(12)13;5-3(6)1-4-2-10(7,8)9;1-4(2)3/h4-10H,3H2,1-2H3;6-8,12H,5,9-10H2,1-4H3;5-7,13H,2-4H2,1H3;2-5,7,10H,6H2,1H3;4H,1-2H2,(H,5,6)(H2,7,8,9);1-3H3/q;;;;;+1/p-1. The number of Topliss-reactive ketones (excluding diaryl/α,β-unsaturated/α-hetero) is 3. The fourth-order valence-corrected chi connectivity index (χ4v) is 10.7. The Kier molecular flexibility index (Phi) is 37.9. The first-order valence-corrected chi connectivity index (χ1v) is 38.3. The lowest BCUT2D eigenvalue weighted by Crippen LogP contribution is -2.47. The molecule has 1 heterocycles. The van der Waals surface area contributed by atoms with Gasteiger partial charge in [-0.25, -0.2) is 18.0 Å². The van der Waals surface area contributed by atoms with E-state index in [0.717, 1.165) is 83.7 Å². The number of methoxy groups -OCH3 is 1. The van der Waals surface area contributed by atoms with E-state index in [1.165, 1.54) is 6.92 Å². The Hall–Kier alpha value is -7.82. The quantitative estimate of drug-likeness (QED) is 0.00847. The van der Waals surface area contributed by atoms with Crippen molar-refractivity contribution in [3.63, 3.8) is 0 Å². The molecular weight excluding hydrogens is 1510 g/mol. The van der Waals surface area contributed by atoms with Crippen molar-refractivity contribution < 1.29 is 113 Å². The molecule has 566 valence electrons. The van der Waals surface area contributed by atoms with Crippen LogP contribution in [0.15, 0.2) is 102 Å². The summed E-state index contributed by atoms with van der Waals surface area (Å²) in [6.07, 6.45) is 2.18. The van der Waals surface area contributed by atoms with Crippen molar-refractivity contribution in [2.75, 3.05) is 80.5 Å². The highest BCUT2D eigenvalue weighted by molar-refractivity contribution is 7.94. The third-order valence-corrected chi connectivity index (χ3v) is 16.2. The van der Waals surface area contributed by atoms with Gasteiger partial charge in [-0.3, -0.25) is 54.3 Å². The minimum Gasteiger partial charge on any atom is -0.778 e. The van der Waals surface area contributed by atoms with Gasteiger partial charge in [-0.2, -0.15) is 13.2 Å². The average Bonchev–Trinajstić information content (AvgIpc) is 0.807. The largest absolute Gasteiger partial charge is 0.778 e. The number of halogens is 7. The van der Waals surface area contributed by atoms with Crippen molar-refractivity contribution in [2.24, 2.45) is 5.92 Å². The molecule has 0 aromatic heterocycles. The number of nitrogens with one attached hydrogen (secondary N) is 1. The van der Waals surface area contributed by atoms with Gasteiger partial charge in [0, 0.05) is 44.4 Å². The number of amides is 2. The summed E-state index contributed by atoms with van der Waals surface area (Å²) in [5.41, 5.74) is 0.597. The van der Waals surface area contributed by atoms with E-state index in [9.17, 15) is 89.6 Å². The summed E-state index contributed by atoms with van der Waals surface area (Å²) in [6, 6.07) is 21.5. The lowest BCUT2D eigenvalue weighted by atomic mass is 9.81. The zero-order chi connectivity index (χ0) is 78.6. The number of ether oxygens (including phenoxy) is 5. The minimum atomic E-state index is -4.61. The van der Waals surface area contributed by atoms with Gasteiger partial charge in [0.05, 0.1) is 99.2 Å². The van der Waals surface area contributed by atoms with Crippen LogP contribution in [0, 0.1) is 33.1 Å². The zero-order valence-electron chi connectivity index (χ0n) is 57.4. The smallest absolute Gasteiger partial charge is 0.416 e. The summed E-state index contributed by atoms with van der Waals surface area (Å²) in [7, 11) is -5.77. The first-order chi connectivity index (χ1) is 47.9. The Morgan fingerprint density at radius 1 is 0.893 bits per heavy atom. The summed E-state index contributed by atoms with van der Waals surface area (Å²) in [4.78, 5) is 134. The zero-order valence-corrected chi connectivity index (χ0v) is 62.9. The topological polar surface area (TPSA) is 402 Å². The Morgan fingerprint density at radius 2 is 1.50 bits per heavy atom. The maximum Gasteiger partial charge on any atom is 0.416 e. The van der Waals surface area contributed by atoms with Crippen LogP contribution >= 0.6 is 54.0 Å². The monoisotopic (exact) mass is 1590 g/mol. The molecule has 2 aliphatic rings. The van der Waals surface area contributed by atoms with E-state index in [4.69, 9.17) is 80.1 Å². The number of hydrogen-bond acceptors (Lipinski definition) is 22. The minimum absolute atomic E-state index is 0.0223. The molecule has 0 radical (unpaired) electrons. The molecule has 5 aromatic carbocycles. The molecule has 3 N–H and O–H groups in total. The predicted octanol–water partition coefficient (Wildman–Crippen LogP) is 10.7. The number of hydrogen-bond donors (Lipinski definition) is 3. The third-order valence-electron chi connectivity index (χ3n) is 13.6. The molecule has 1 aliphatic carbocycles. The number of carbonyl (C=O) groups is 8. The molecule has 2 amide bonds. The highest BCUT2D eigenvalue weighted by atomic mass is 35.5. The number of esters is 2. The number of fused-ring (bicyclic) bond motifs is 1. The number of nitrogens with zero attached hydrogens (tertiary/aromatic N) is 4. The number of aliphatic carboxylic acids is 1. The Morgan fingerprint density at radius 3 is 2.00 bits per heavy atom. The molecule has 4 unspecified atom stereocenters. The van der Waals surface area contributed by atoms with Crippen LogP contribution < -0.4 is 29.5 Å². The molecule has 38 heteroatoms. The molecule has 1 aliphatic heterocycles. The van der Waals surface area contributed by atoms with Crippen molar-refractivity contribution in [1.82, 2.24) is 5.32 Å². The van der Waals surface area contributed by atoms with Crippen LogP contribution in [0.5, 0.6) is 17.2 Å². The van der Waals surface area contributed by atoms with Crippen LogP contribution in [0.4, 0.5) is 35.9 Å². The number of para-hydroxylation sites is 3. The number of carboxylic acids is 1. The maximum atomic E-state index is 12.8. The molecule has 1 fully saturated rings. The molecule has 0 saturated heterocycles. The second kappa shape index (κ2) is 42.8. The number of nitro groups is 2. The number of alkyl halides is 6. The van der Waals surface area contributed by atoms with Crippen molar-refractivity contribution >= 4 is 145 Å². The lowest BCUT2D eigenvalue weighted by Gasteiger charge is -2.35. The van der Waals surface area contributed by atoms with Gasteiger partial charge in [0.15, 0.2) is 38.1 Å². The van der Waals surface area contributed by atoms with E-state index in [-0.39, 0.29) is 70.6 Å². The molecule has 4 atom stereocenters. The van der Waals surface area contributed by atoms with Crippen LogP contribution in [0.3, 0.4) is 0 Å². The molecule has 103 heavy (non-hydrogen) atoms. The van der Waals surface area contributed by atoms with Gasteiger partial charge in [0.25, 0.3) is 17.3 Å². The fourth-order valence-electron chi connectivity index (χ4n) is 9.14. The number of anilines is 2. The van der Waals surface area contributed by atoms with E-state index in [0.29, 0.717) is 42.3 Å². The van der Waals surface area contributed by atoms with Crippen molar-refractivity contribution in [2.45, 2.75) is 101 Å². The Labute approximate surface area is 614 Å². The number of nitro benzene ring substituents is 2. The molecule has 0 bridgehead atoms. The molecule has 1 saturated carbocycles. The highest BCUT2D eigenvalue weighted by Gasteiger charge is 2.40. The summed E-state index contributed by atoms with van der Waals surface area (Å²) in [5, 5.41) is 32.0. The van der Waals surface area contributed by atoms with E-state index in [1.807, 2.05) is 62.5 Å². The van der Waals surface area contributed by atoms with Gasteiger partial charge < -0.3 is 52.9 Å². The summed E-state index contributed by atoms with van der Waals surface area (Å²) >= 11 is 22.8. The molecule has 28 nitrogen and oxygen atoms in total. The number of benzene rings is 5. The SMILES string of the molecule is CC1COc2ccccc2N1C(=O)C(Cl)Cl.CCOC(=O)C(C)OC(=O)c1cc(Oc2ccc(C(F)(F)F)cc2Cl)ccc1[N+](=O)[O-].CCc1cccc(C)c1N(C(=O)CCl)C(C)COC.CS(=O)(=O)c1ccc(C(=O)C2C(=O)CCCC2=O)c([N+](=O)[O-])c1.C[S+](C)C.O=C(O)CNCP(=O)([O-])O. The normalized spacial score (nSPS) is 14.5. The van der Waals surface area contributed by atoms with Crippen molar-refractivity contribution in [3.8, 4) is 17.2 Å². The summed E-state index contributed by atoms with van der Waals surface area (Å²) < 4.78 is 96.8. The molecule has 0 spiro atoms. The van der Waals surface area contributed by atoms with E-state index < -0.39 is 126 Å². The van der Waals surface area contributed by atoms with Crippen LogP contribution in [-0.2, 0) is 80.9 Å². The highest BCUT2D eigenvalue weighted by Crippen LogP contribution is 2.39. The summed E-state index contributed by atoms with van der Waals surface area (Å²) in [5.74, 6) is -6.88.